The molecule has 1 atom stereocenters. The maximum atomic E-state index is 14.7. The summed E-state index contributed by atoms with van der Waals surface area (Å²) in [5.41, 5.74) is 0.971. The van der Waals surface area contributed by atoms with Gasteiger partial charge < -0.3 is 24.8 Å². The molecule has 0 bridgehead atoms. The molecule has 0 unspecified atom stereocenters. The van der Waals surface area contributed by atoms with Gasteiger partial charge in [-0.3, -0.25) is 4.79 Å². The number of aromatic nitrogens is 1. The average molecular weight is 439 g/mol. The fourth-order valence-electron chi connectivity index (χ4n) is 3.14. The number of carbonyl (C=O) groups is 1. The molecule has 29 heavy (non-hydrogen) atoms. The standard InChI is InChI=1S/C19H20ClFN4O3S/c1-10-9-14(24-28-10)22-18(26)15-11(2)25(7-8-27-3)19(29)23-17(15)16-12(20)5-4-6-13(16)21/h4-6,9,17H,7-8H2,1-3H3,(H,23,29)(H,22,24,26)/t17-/m1/s1. The summed E-state index contributed by atoms with van der Waals surface area (Å²) >= 11 is 11.7. The summed E-state index contributed by atoms with van der Waals surface area (Å²) in [7, 11) is 1.57. The summed E-state index contributed by atoms with van der Waals surface area (Å²) in [6.07, 6.45) is 0. The molecule has 0 saturated carbocycles. The molecule has 2 aromatic rings. The average Bonchev–Trinajstić information content (AvgIpc) is 3.06. The molecule has 7 nitrogen and oxygen atoms in total. The lowest BCUT2D eigenvalue weighted by molar-refractivity contribution is -0.113. The minimum absolute atomic E-state index is 0.142. The van der Waals surface area contributed by atoms with Crippen LogP contribution in [0.1, 0.15) is 24.3 Å². The summed E-state index contributed by atoms with van der Waals surface area (Å²) < 4.78 is 24.8. The lowest BCUT2D eigenvalue weighted by Crippen LogP contribution is -2.49. The molecule has 2 N–H and O–H groups in total. The molecule has 1 aromatic carbocycles. The van der Waals surface area contributed by atoms with Gasteiger partial charge in [-0.15, -0.1) is 0 Å². The topological polar surface area (TPSA) is 79.6 Å². The van der Waals surface area contributed by atoms with Crippen LogP contribution in [0.2, 0.25) is 5.02 Å². The van der Waals surface area contributed by atoms with Crippen LogP contribution < -0.4 is 10.6 Å². The number of ether oxygens (including phenoxy) is 1. The quantitative estimate of drug-likeness (QED) is 0.667. The highest BCUT2D eigenvalue weighted by atomic mass is 35.5. The van der Waals surface area contributed by atoms with E-state index in [-0.39, 0.29) is 22.0 Å². The number of hydrogen-bond donors (Lipinski definition) is 2. The number of rotatable bonds is 6. The van der Waals surface area contributed by atoms with Gasteiger partial charge >= 0.3 is 0 Å². The molecule has 1 amide bonds. The Morgan fingerprint density at radius 2 is 2.24 bits per heavy atom. The monoisotopic (exact) mass is 438 g/mol. The number of methoxy groups -OCH3 is 1. The second-order valence-electron chi connectivity index (χ2n) is 6.44. The number of nitrogens with one attached hydrogen (secondary N) is 2. The van der Waals surface area contributed by atoms with Crippen molar-refractivity contribution in [3.8, 4) is 0 Å². The van der Waals surface area contributed by atoms with E-state index in [0.717, 1.165) is 0 Å². The van der Waals surface area contributed by atoms with Crippen LogP contribution in [0.15, 0.2) is 40.1 Å². The molecule has 0 saturated heterocycles. The zero-order valence-corrected chi connectivity index (χ0v) is 17.7. The highest BCUT2D eigenvalue weighted by Gasteiger charge is 2.36. The van der Waals surface area contributed by atoms with Crippen molar-refractivity contribution in [2.45, 2.75) is 19.9 Å². The molecule has 1 aliphatic rings. The Bertz CT molecular complexity index is 958. The van der Waals surface area contributed by atoms with E-state index >= 15 is 0 Å². The Balaban J connectivity index is 2.07. The number of benzene rings is 1. The molecule has 3 rings (SSSR count). The third kappa shape index (κ3) is 4.42. The van der Waals surface area contributed by atoms with E-state index in [9.17, 15) is 9.18 Å². The van der Waals surface area contributed by atoms with Crippen LogP contribution in [0, 0.1) is 12.7 Å². The van der Waals surface area contributed by atoms with Crippen molar-refractivity contribution in [2.75, 3.05) is 25.6 Å². The fourth-order valence-corrected chi connectivity index (χ4v) is 3.76. The number of nitrogens with zero attached hydrogens (tertiary/aromatic N) is 2. The van der Waals surface area contributed by atoms with Gasteiger partial charge in [0.25, 0.3) is 5.91 Å². The predicted molar refractivity (Wildman–Crippen MR) is 111 cm³/mol. The number of thiocarbonyl (C=S) groups is 1. The van der Waals surface area contributed by atoms with Crippen molar-refractivity contribution in [2.24, 2.45) is 0 Å². The second kappa shape index (κ2) is 8.89. The Morgan fingerprint density at radius 3 is 2.86 bits per heavy atom. The van der Waals surface area contributed by atoms with Gasteiger partial charge in [0.1, 0.15) is 11.6 Å². The van der Waals surface area contributed by atoms with E-state index in [4.69, 9.17) is 33.1 Å². The Kier molecular flexibility index (Phi) is 6.51. The Labute approximate surface area is 177 Å². The minimum atomic E-state index is -0.872. The van der Waals surface area contributed by atoms with E-state index in [1.165, 1.54) is 12.1 Å². The zero-order chi connectivity index (χ0) is 21.1. The van der Waals surface area contributed by atoms with Crippen LogP contribution in [0.25, 0.3) is 0 Å². The molecule has 1 aliphatic heterocycles. The van der Waals surface area contributed by atoms with E-state index in [2.05, 4.69) is 15.8 Å². The van der Waals surface area contributed by atoms with E-state index < -0.39 is 17.8 Å². The minimum Gasteiger partial charge on any atom is -0.383 e. The van der Waals surface area contributed by atoms with Crippen LogP contribution in [-0.2, 0) is 9.53 Å². The fraction of sp³-hybridized carbons (Fsp3) is 0.316. The van der Waals surface area contributed by atoms with Gasteiger partial charge in [-0.1, -0.05) is 22.8 Å². The summed E-state index contributed by atoms with van der Waals surface area (Å²) in [5.74, 6) is -0.219. The number of halogens is 2. The maximum Gasteiger partial charge on any atom is 0.257 e. The number of hydrogen-bond acceptors (Lipinski definition) is 5. The third-order valence-corrected chi connectivity index (χ3v) is 5.19. The van der Waals surface area contributed by atoms with Gasteiger partial charge in [0, 0.05) is 36.0 Å². The number of carbonyl (C=O) groups excluding carboxylic acids is 1. The molecule has 1 aromatic heterocycles. The van der Waals surface area contributed by atoms with Gasteiger partial charge in [-0.2, -0.15) is 0 Å². The third-order valence-electron chi connectivity index (χ3n) is 4.52. The van der Waals surface area contributed by atoms with Crippen molar-refractivity contribution in [1.29, 1.82) is 0 Å². The van der Waals surface area contributed by atoms with Gasteiger partial charge in [0.05, 0.1) is 18.2 Å². The van der Waals surface area contributed by atoms with Crippen LogP contribution in [0.4, 0.5) is 10.2 Å². The lowest BCUT2D eigenvalue weighted by atomic mass is 9.93. The van der Waals surface area contributed by atoms with Crippen LogP contribution >= 0.6 is 23.8 Å². The Morgan fingerprint density at radius 1 is 1.48 bits per heavy atom. The van der Waals surface area contributed by atoms with Crippen LogP contribution in [-0.4, -0.2) is 41.3 Å². The number of allylic oxidation sites excluding steroid dienone is 1. The van der Waals surface area contributed by atoms with Crippen LogP contribution in [0.5, 0.6) is 0 Å². The molecule has 2 heterocycles. The predicted octanol–water partition coefficient (Wildman–Crippen LogP) is 3.57. The highest BCUT2D eigenvalue weighted by Crippen LogP contribution is 2.36. The summed E-state index contributed by atoms with van der Waals surface area (Å²) in [4.78, 5) is 14.9. The largest absolute Gasteiger partial charge is 0.383 e. The first-order chi connectivity index (χ1) is 13.8. The summed E-state index contributed by atoms with van der Waals surface area (Å²) in [6.45, 7) is 4.27. The van der Waals surface area contributed by atoms with Crippen molar-refractivity contribution in [3.05, 3.63) is 57.7 Å². The summed E-state index contributed by atoms with van der Waals surface area (Å²) in [6, 6.07) is 5.07. The van der Waals surface area contributed by atoms with E-state index in [1.807, 2.05) is 0 Å². The molecule has 0 aliphatic carbocycles. The van der Waals surface area contributed by atoms with E-state index in [1.54, 1.807) is 38.0 Å². The molecule has 10 heteroatoms. The zero-order valence-electron chi connectivity index (χ0n) is 16.1. The van der Waals surface area contributed by atoms with Gasteiger partial charge in [0.15, 0.2) is 10.9 Å². The maximum absolute atomic E-state index is 14.7. The molecular formula is C19H20ClFN4O3S. The van der Waals surface area contributed by atoms with Crippen molar-refractivity contribution in [3.63, 3.8) is 0 Å². The number of amides is 1. The number of anilines is 1. The molecule has 154 valence electrons. The van der Waals surface area contributed by atoms with Crippen LogP contribution in [0.3, 0.4) is 0 Å². The van der Waals surface area contributed by atoms with Gasteiger partial charge in [-0.25, -0.2) is 4.39 Å². The molecular weight excluding hydrogens is 419 g/mol. The molecule has 0 fully saturated rings. The smallest absolute Gasteiger partial charge is 0.257 e. The second-order valence-corrected chi connectivity index (χ2v) is 7.23. The normalized spacial score (nSPS) is 16.8. The highest BCUT2D eigenvalue weighted by molar-refractivity contribution is 7.80. The summed E-state index contributed by atoms with van der Waals surface area (Å²) in [5, 5.41) is 10.0. The first-order valence-electron chi connectivity index (χ1n) is 8.79. The van der Waals surface area contributed by atoms with Crippen molar-refractivity contribution >= 4 is 40.7 Å². The first kappa shape index (κ1) is 21.2. The van der Waals surface area contributed by atoms with Gasteiger partial charge in [0.2, 0.25) is 0 Å². The molecule has 0 radical (unpaired) electrons. The lowest BCUT2D eigenvalue weighted by Gasteiger charge is -2.38. The number of aryl methyl sites for hydroxylation is 1. The van der Waals surface area contributed by atoms with E-state index in [0.29, 0.717) is 29.7 Å². The van der Waals surface area contributed by atoms with Crippen molar-refractivity contribution in [1.82, 2.24) is 15.4 Å². The first-order valence-corrected chi connectivity index (χ1v) is 9.58. The van der Waals surface area contributed by atoms with Crippen molar-refractivity contribution < 1.29 is 18.4 Å². The molecule has 0 spiro atoms. The Hall–Kier alpha value is -2.49. The van der Waals surface area contributed by atoms with Gasteiger partial charge in [-0.05, 0) is 38.2 Å². The SMILES string of the molecule is COCCN1C(=S)N[C@@H](c2c(F)cccc2Cl)C(C(=O)Nc2cc(C)on2)=C1C.